The zero-order valence-corrected chi connectivity index (χ0v) is 10.4. The van der Waals surface area contributed by atoms with Gasteiger partial charge in [-0.25, -0.2) is 0 Å². The molecule has 0 aliphatic carbocycles. The van der Waals surface area contributed by atoms with Crippen molar-refractivity contribution in [2.75, 3.05) is 24.6 Å². The number of aliphatic hydroxyl groups excluding tert-OH is 2. The van der Waals surface area contributed by atoms with Gasteiger partial charge in [0.1, 0.15) is 5.69 Å². The van der Waals surface area contributed by atoms with Crippen molar-refractivity contribution < 1.29 is 15.1 Å². The summed E-state index contributed by atoms with van der Waals surface area (Å²) in [4.78, 5) is 12.4. The highest BCUT2D eigenvalue weighted by molar-refractivity contribution is 5.64. The van der Waals surface area contributed by atoms with Crippen LogP contribution in [0.1, 0.15) is 18.9 Å². The Bertz CT molecular complexity index is 409. The van der Waals surface area contributed by atoms with Gasteiger partial charge in [-0.1, -0.05) is 6.07 Å². The van der Waals surface area contributed by atoms with E-state index in [1.165, 1.54) is 6.07 Å². The van der Waals surface area contributed by atoms with E-state index in [1.807, 2.05) is 11.8 Å². The normalized spacial score (nSPS) is 10.4. The first-order chi connectivity index (χ1) is 8.63. The molecule has 0 aliphatic rings. The van der Waals surface area contributed by atoms with Gasteiger partial charge in [-0.3, -0.25) is 10.1 Å². The van der Waals surface area contributed by atoms with E-state index in [4.69, 9.17) is 10.2 Å². The standard InChI is InChI=1S/C12H18N2O4/c1-2-13(6-3-7-15)11-5-4-10(9-16)8-12(11)14(17)18/h4-5,8,15-16H,2-3,6-7,9H2,1H3. The highest BCUT2D eigenvalue weighted by Gasteiger charge is 2.18. The smallest absolute Gasteiger partial charge is 0.292 e. The zero-order chi connectivity index (χ0) is 13.5. The molecule has 0 unspecified atom stereocenters. The number of rotatable bonds is 7. The molecule has 1 aromatic carbocycles. The lowest BCUT2D eigenvalue weighted by atomic mass is 10.1. The van der Waals surface area contributed by atoms with Gasteiger partial charge >= 0.3 is 0 Å². The average Bonchev–Trinajstić information content (AvgIpc) is 2.39. The number of anilines is 1. The number of nitro groups is 1. The summed E-state index contributed by atoms with van der Waals surface area (Å²) in [6, 6.07) is 4.70. The maximum Gasteiger partial charge on any atom is 0.292 e. The lowest BCUT2D eigenvalue weighted by Crippen LogP contribution is -2.25. The Morgan fingerprint density at radius 3 is 2.61 bits per heavy atom. The van der Waals surface area contributed by atoms with Gasteiger partial charge in [0.25, 0.3) is 5.69 Å². The summed E-state index contributed by atoms with van der Waals surface area (Å²) in [5.41, 5.74) is 1.03. The van der Waals surface area contributed by atoms with E-state index < -0.39 is 4.92 Å². The number of hydrogen-bond donors (Lipinski definition) is 2. The van der Waals surface area contributed by atoms with Crippen LogP contribution in [0.2, 0.25) is 0 Å². The van der Waals surface area contributed by atoms with Gasteiger partial charge in [0.05, 0.1) is 11.5 Å². The van der Waals surface area contributed by atoms with Gasteiger partial charge in [-0.2, -0.15) is 0 Å². The molecule has 0 amide bonds. The van der Waals surface area contributed by atoms with Crippen LogP contribution in [0.25, 0.3) is 0 Å². The molecule has 0 bridgehead atoms. The van der Waals surface area contributed by atoms with Crippen LogP contribution in [0.4, 0.5) is 11.4 Å². The van der Waals surface area contributed by atoms with Crippen LogP contribution in [0.5, 0.6) is 0 Å². The fourth-order valence-electron chi connectivity index (χ4n) is 1.79. The van der Waals surface area contributed by atoms with E-state index in [0.29, 0.717) is 30.8 Å². The first-order valence-electron chi connectivity index (χ1n) is 5.88. The molecule has 0 atom stereocenters. The minimum absolute atomic E-state index is 0.0126. The lowest BCUT2D eigenvalue weighted by molar-refractivity contribution is -0.384. The van der Waals surface area contributed by atoms with Crippen LogP contribution < -0.4 is 4.90 Å². The van der Waals surface area contributed by atoms with E-state index in [1.54, 1.807) is 12.1 Å². The Balaban J connectivity index is 3.08. The highest BCUT2D eigenvalue weighted by Crippen LogP contribution is 2.29. The minimum Gasteiger partial charge on any atom is -0.396 e. The number of nitro benzene ring substituents is 1. The molecule has 0 spiro atoms. The summed E-state index contributed by atoms with van der Waals surface area (Å²) in [7, 11) is 0. The summed E-state index contributed by atoms with van der Waals surface area (Å²) in [6.45, 7) is 2.93. The van der Waals surface area contributed by atoms with Crippen molar-refractivity contribution >= 4 is 11.4 Å². The summed E-state index contributed by atoms with van der Waals surface area (Å²) >= 11 is 0. The second kappa shape index (κ2) is 6.93. The van der Waals surface area contributed by atoms with E-state index in [0.717, 1.165) is 0 Å². The molecule has 0 radical (unpaired) electrons. The van der Waals surface area contributed by atoms with Crippen LogP contribution in [0, 0.1) is 10.1 Å². The first-order valence-corrected chi connectivity index (χ1v) is 5.88. The minimum atomic E-state index is -0.448. The summed E-state index contributed by atoms with van der Waals surface area (Å²) in [6.07, 6.45) is 0.562. The van der Waals surface area contributed by atoms with Crippen molar-refractivity contribution in [1.82, 2.24) is 0 Å². The largest absolute Gasteiger partial charge is 0.396 e. The molecule has 2 N–H and O–H groups in total. The number of benzene rings is 1. The first kappa shape index (κ1) is 14.4. The molecule has 1 rings (SSSR count). The molecule has 0 saturated carbocycles. The molecule has 18 heavy (non-hydrogen) atoms. The van der Waals surface area contributed by atoms with Crippen LogP contribution >= 0.6 is 0 Å². The van der Waals surface area contributed by atoms with Gasteiger partial charge in [-0.05, 0) is 25.0 Å². The van der Waals surface area contributed by atoms with Crippen molar-refractivity contribution in [3.63, 3.8) is 0 Å². The number of hydrogen-bond acceptors (Lipinski definition) is 5. The quantitative estimate of drug-likeness (QED) is 0.565. The Labute approximate surface area is 106 Å². The number of aliphatic hydroxyl groups is 2. The van der Waals surface area contributed by atoms with Gasteiger partial charge in [0, 0.05) is 25.8 Å². The zero-order valence-electron chi connectivity index (χ0n) is 10.4. The third-order valence-corrected chi connectivity index (χ3v) is 2.73. The molecular weight excluding hydrogens is 236 g/mol. The van der Waals surface area contributed by atoms with Crippen molar-refractivity contribution in [3.8, 4) is 0 Å². The molecule has 0 fully saturated rings. The van der Waals surface area contributed by atoms with E-state index in [9.17, 15) is 10.1 Å². The molecule has 6 nitrogen and oxygen atoms in total. The van der Waals surface area contributed by atoms with Gasteiger partial charge in [0.15, 0.2) is 0 Å². The van der Waals surface area contributed by atoms with E-state index in [-0.39, 0.29) is 18.9 Å². The predicted octanol–water partition coefficient (Wildman–Crippen LogP) is 1.30. The maximum atomic E-state index is 11.0. The Morgan fingerprint density at radius 2 is 2.11 bits per heavy atom. The van der Waals surface area contributed by atoms with Crippen LogP contribution in [-0.4, -0.2) is 34.8 Å². The second-order valence-corrected chi connectivity index (χ2v) is 3.90. The Hall–Kier alpha value is -1.66. The lowest BCUT2D eigenvalue weighted by Gasteiger charge is -2.22. The molecular formula is C12H18N2O4. The van der Waals surface area contributed by atoms with E-state index >= 15 is 0 Å². The summed E-state index contributed by atoms with van der Waals surface area (Å²) in [5.74, 6) is 0. The van der Waals surface area contributed by atoms with Crippen molar-refractivity contribution in [1.29, 1.82) is 0 Å². The SMILES string of the molecule is CCN(CCCO)c1ccc(CO)cc1[N+](=O)[O-]. The summed E-state index contributed by atoms with van der Waals surface area (Å²) < 4.78 is 0. The van der Waals surface area contributed by atoms with Crippen molar-refractivity contribution in [3.05, 3.63) is 33.9 Å². The third kappa shape index (κ3) is 3.41. The predicted molar refractivity (Wildman–Crippen MR) is 68.6 cm³/mol. The van der Waals surface area contributed by atoms with Crippen LogP contribution in [0.15, 0.2) is 18.2 Å². The molecule has 6 heteroatoms. The Morgan fingerprint density at radius 1 is 1.39 bits per heavy atom. The Kier molecular flexibility index (Phi) is 5.54. The van der Waals surface area contributed by atoms with Gasteiger partial charge in [-0.15, -0.1) is 0 Å². The molecule has 0 saturated heterocycles. The molecule has 0 aromatic heterocycles. The average molecular weight is 254 g/mol. The monoisotopic (exact) mass is 254 g/mol. The molecule has 100 valence electrons. The fraction of sp³-hybridized carbons (Fsp3) is 0.500. The van der Waals surface area contributed by atoms with Crippen molar-refractivity contribution in [2.24, 2.45) is 0 Å². The van der Waals surface area contributed by atoms with Gasteiger partial charge in [0.2, 0.25) is 0 Å². The van der Waals surface area contributed by atoms with Crippen LogP contribution in [0.3, 0.4) is 0 Å². The topological polar surface area (TPSA) is 86.8 Å². The maximum absolute atomic E-state index is 11.0. The second-order valence-electron chi connectivity index (χ2n) is 3.90. The molecule has 1 aromatic rings. The summed E-state index contributed by atoms with van der Waals surface area (Å²) in [5, 5.41) is 28.9. The third-order valence-electron chi connectivity index (χ3n) is 2.73. The number of nitrogens with zero attached hydrogens (tertiary/aromatic N) is 2. The van der Waals surface area contributed by atoms with Crippen molar-refractivity contribution in [2.45, 2.75) is 20.0 Å². The molecule has 0 heterocycles. The molecule has 0 aliphatic heterocycles. The van der Waals surface area contributed by atoms with Crippen LogP contribution in [-0.2, 0) is 6.61 Å². The van der Waals surface area contributed by atoms with Gasteiger partial charge < -0.3 is 15.1 Å². The fourth-order valence-corrected chi connectivity index (χ4v) is 1.79. The highest BCUT2D eigenvalue weighted by atomic mass is 16.6. The van der Waals surface area contributed by atoms with E-state index in [2.05, 4.69) is 0 Å².